The molecule has 3 aromatic rings. The van der Waals surface area contributed by atoms with Crippen molar-refractivity contribution in [3.05, 3.63) is 84.1 Å². The van der Waals surface area contributed by atoms with E-state index in [1.165, 1.54) is 6.07 Å². The van der Waals surface area contributed by atoms with Crippen LogP contribution in [-0.2, 0) is 12.3 Å². The fourth-order valence-electron chi connectivity index (χ4n) is 2.54. The van der Waals surface area contributed by atoms with Crippen LogP contribution in [0.25, 0.3) is 0 Å². The Morgan fingerprint density at radius 1 is 1.07 bits per heavy atom. The molecule has 1 heterocycles. The Bertz CT molecular complexity index is 942. The van der Waals surface area contributed by atoms with Crippen LogP contribution >= 0.6 is 11.8 Å². The fraction of sp³-hybridized carbons (Fsp3) is 0.143. The van der Waals surface area contributed by atoms with Gasteiger partial charge in [-0.3, -0.25) is 0 Å². The molecule has 0 bridgehead atoms. The summed E-state index contributed by atoms with van der Waals surface area (Å²) in [6.07, 6.45) is 1.75. The minimum Gasteiger partial charge on any atom is -0.434 e. The highest BCUT2D eigenvalue weighted by Crippen LogP contribution is 2.22. The van der Waals surface area contributed by atoms with Crippen molar-refractivity contribution in [2.75, 3.05) is 5.32 Å². The number of hydrogen-bond donors (Lipinski definition) is 2. The van der Waals surface area contributed by atoms with Gasteiger partial charge in [0, 0.05) is 29.7 Å². The zero-order valence-electron chi connectivity index (χ0n) is 15.3. The molecular formula is C21H19F2N3O2S. The number of para-hydroxylation sites is 1. The SMILES string of the molecule is O=C(NCc1ccccc1OC(F)F)Nc1cccc(CSc2ccccn2)c1. The third-order valence-corrected chi connectivity index (χ3v) is 4.85. The molecule has 0 aliphatic heterocycles. The fourth-order valence-corrected chi connectivity index (χ4v) is 3.34. The van der Waals surface area contributed by atoms with Crippen LogP contribution in [0.4, 0.5) is 19.3 Å². The van der Waals surface area contributed by atoms with E-state index in [1.54, 1.807) is 42.2 Å². The molecule has 5 nitrogen and oxygen atoms in total. The summed E-state index contributed by atoms with van der Waals surface area (Å²) in [7, 11) is 0. The summed E-state index contributed by atoms with van der Waals surface area (Å²) in [5.74, 6) is 0.753. The molecule has 3 rings (SSSR count). The number of benzene rings is 2. The van der Waals surface area contributed by atoms with Gasteiger partial charge in [0.15, 0.2) is 0 Å². The van der Waals surface area contributed by atoms with Crippen molar-refractivity contribution in [2.45, 2.75) is 23.9 Å². The van der Waals surface area contributed by atoms with E-state index in [0.29, 0.717) is 17.0 Å². The van der Waals surface area contributed by atoms with Crippen molar-refractivity contribution < 1.29 is 18.3 Å². The van der Waals surface area contributed by atoms with Crippen LogP contribution in [0.3, 0.4) is 0 Å². The van der Waals surface area contributed by atoms with E-state index in [9.17, 15) is 13.6 Å². The molecule has 0 saturated heterocycles. The number of rotatable bonds is 8. The molecule has 29 heavy (non-hydrogen) atoms. The predicted octanol–water partition coefficient (Wildman–Crippen LogP) is 5.30. The van der Waals surface area contributed by atoms with Crippen molar-refractivity contribution in [1.29, 1.82) is 0 Å². The number of halogens is 2. The van der Waals surface area contributed by atoms with E-state index >= 15 is 0 Å². The second-order valence-electron chi connectivity index (χ2n) is 5.95. The van der Waals surface area contributed by atoms with Gasteiger partial charge in [-0.15, -0.1) is 11.8 Å². The first-order valence-electron chi connectivity index (χ1n) is 8.80. The first-order valence-corrected chi connectivity index (χ1v) is 9.79. The molecule has 0 aliphatic rings. The number of nitrogens with one attached hydrogen (secondary N) is 2. The monoisotopic (exact) mass is 415 g/mol. The van der Waals surface area contributed by atoms with Crippen molar-refractivity contribution >= 4 is 23.5 Å². The van der Waals surface area contributed by atoms with E-state index in [4.69, 9.17) is 0 Å². The molecule has 0 atom stereocenters. The maximum atomic E-state index is 12.5. The average Bonchev–Trinajstić information content (AvgIpc) is 2.72. The lowest BCUT2D eigenvalue weighted by Crippen LogP contribution is -2.28. The summed E-state index contributed by atoms with van der Waals surface area (Å²) in [5.41, 5.74) is 2.14. The topological polar surface area (TPSA) is 63.2 Å². The highest BCUT2D eigenvalue weighted by Gasteiger charge is 2.10. The third-order valence-electron chi connectivity index (χ3n) is 3.84. The van der Waals surface area contributed by atoms with Crippen molar-refractivity contribution in [3.8, 4) is 5.75 Å². The smallest absolute Gasteiger partial charge is 0.387 e. The van der Waals surface area contributed by atoms with Gasteiger partial charge in [0.25, 0.3) is 0 Å². The number of alkyl halides is 2. The molecule has 2 N–H and O–H groups in total. The normalized spacial score (nSPS) is 10.6. The van der Waals surface area contributed by atoms with Crippen molar-refractivity contribution in [3.63, 3.8) is 0 Å². The van der Waals surface area contributed by atoms with E-state index < -0.39 is 12.6 Å². The number of urea groups is 1. The van der Waals surface area contributed by atoms with Crippen LogP contribution in [0.15, 0.2) is 78.0 Å². The van der Waals surface area contributed by atoms with Crippen LogP contribution in [0, 0.1) is 0 Å². The van der Waals surface area contributed by atoms with Gasteiger partial charge in [-0.1, -0.05) is 36.4 Å². The van der Waals surface area contributed by atoms with E-state index in [2.05, 4.69) is 20.4 Å². The summed E-state index contributed by atoms with van der Waals surface area (Å²) in [6, 6.07) is 19.1. The largest absolute Gasteiger partial charge is 0.434 e. The molecule has 0 radical (unpaired) electrons. The van der Waals surface area contributed by atoms with Crippen LogP contribution in [-0.4, -0.2) is 17.6 Å². The van der Waals surface area contributed by atoms with Gasteiger partial charge in [-0.2, -0.15) is 8.78 Å². The Morgan fingerprint density at radius 3 is 2.69 bits per heavy atom. The number of carbonyl (C=O) groups is 1. The Balaban J connectivity index is 1.53. The Kier molecular flexibility index (Phi) is 7.40. The van der Waals surface area contributed by atoms with Crippen LogP contribution < -0.4 is 15.4 Å². The summed E-state index contributed by atoms with van der Waals surface area (Å²) in [4.78, 5) is 16.5. The van der Waals surface area contributed by atoms with Gasteiger partial charge in [-0.05, 0) is 35.9 Å². The molecule has 2 aromatic carbocycles. The van der Waals surface area contributed by atoms with Gasteiger partial charge in [0.2, 0.25) is 0 Å². The van der Waals surface area contributed by atoms with E-state index in [0.717, 1.165) is 10.6 Å². The molecule has 0 saturated carbocycles. The summed E-state index contributed by atoms with van der Waals surface area (Å²) in [5, 5.41) is 6.32. The van der Waals surface area contributed by atoms with Crippen molar-refractivity contribution in [2.24, 2.45) is 0 Å². The maximum absolute atomic E-state index is 12.5. The Hall–Kier alpha value is -3.13. The predicted molar refractivity (Wildman–Crippen MR) is 109 cm³/mol. The number of anilines is 1. The van der Waals surface area contributed by atoms with E-state index in [-0.39, 0.29) is 12.3 Å². The molecule has 0 aliphatic carbocycles. The van der Waals surface area contributed by atoms with Gasteiger partial charge in [0.05, 0.1) is 5.03 Å². The number of carbonyl (C=O) groups excluding carboxylic acids is 1. The second kappa shape index (κ2) is 10.4. The van der Waals surface area contributed by atoms with Gasteiger partial charge in [0.1, 0.15) is 5.75 Å². The number of ether oxygens (including phenoxy) is 1. The quantitative estimate of drug-likeness (QED) is 0.490. The summed E-state index contributed by atoms with van der Waals surface area (Å²) in [6.45, 7) is -2.86. The number of amides is 2. The molecule has 0 unspecified atom stereocenters. The summed E-state index contributed by atoms with van der Waals surface area (Å²) >= 11 is 1.60. The molecule has 8 heteroatoms. The van der Waals surface area contributed by atoms with Gasteiger partial charge in [-0.25, -0.2) is 9.78 Å². The lowest BCUT2D eigenvalue weighted by atomic mass is 10.2. The highest BCUT2D eigenvalue weighted by atomic mass is 32.2. The second-order valence-corrected chi connectivity index (χ2v) is 6.95. The molecule has 0 spiro atoms. The minimum absolute atomic E-state index is 0.0383. The number of pyridine rings is 1. The number of hydrogen-bond acceptors (Lipinski definition) is 4. The molecule has 0 fully saturated rings. The molecule has 2 amide bonds. The highest BCUT2D eigenvalue weighted by molar-refractivity contribution is 7.98. The van der Waals surface area contributed by atoms with Crippen LogP contribution in [0.1, 0.15) is 11.1 Å². The number of aromatic nitrogens is 1. The zero-order chi connectivity index (χ0) is 20.5. The van der Waals surface area contributed by atoms with Crippen molar-refractivity contribution in [1.82, 2.24) is 10.3 Å². The Labute approximate surface area is 171 Å². The van der Waals surface area contributed by atoms with Gasteiger partial charge < -0.3 is 15.4 Å². The molecular weight excluding hydrogens is 396 g/mol. The molecule has 150 valence electrons. The lowest BCUT2D eigenvalue weighted by Gasteiger charge is -2.12. The first kappa shape index (κ1) is 20.6. The maximum Gasteiger partial charge on any atom is 0.387 e. The standard InChI is InChI=1S/C21H19F2N3O2S/c22-20(23)28-18-9-2-1-7-16(18)13-25-21(27)26-17-8-5-6-15(12-17)14-29-19-10-3-4-11-24-19/h1-12,20H,13-14H2,(H2,25,26,27). The number of thioether (sulfide) groups is 1. The lowest BCUT2D eigenvalue weighted by molar-refractivity contribution is -0.0504. The van der Waals surface area contributed by atoms with Gasteiger partial charge >= 0.3 is 12.6 Å². The summed E-state index contributed by atoms with van der Waals surface area (Å²) < 4.78 is 29.4. The third kappa shape index (κ3) is 6.76. The Morgan fingerprint density at radius 2 is 1.90 bits per heavy atom. The first-order chi connectivity index (χ1) is 14.1. The number of nitrogens with zero attached hydrogens (tertiary/aromatic N) is 1. The van der Waals surface area contributed by atoms with Crippen LogP contribution in [0.5, 0.6) is 5.75 Å². The molecule has 1 aromatic heterocycles. The van der Waals surface area contributed by atoms with Crippen LogP contribution in [0.2, 0.25) is 0 Å². The zero-order valence-corrected chi connectivity index (χ0v) is 16.2. The van der Waals surface area contributed by atoms with E-state index in [1.807, 2.05) is 36.4 Å². The minimum atomic E-state index is -2.92. The average molecular weight is 415 g/mol.